The first-order valence-electron chi connectivity index (χ1n) is 12.5. The first kappa shape index (κ1) is 30.3. The Bertz CT molecular complexity index is 855. The molecule has 0 heterocycles. The minimum absolute atomic E-state index is 0.0792. The molecule has 0 aromatic heterocycles. The Labute approximate surface area is 210 Å². The Morgan fingerprint density at radius 3 is 2.11 bits per heavy atom. The lowest BCUT2D eigenvalue weighted by molar-refractivity contribution is -0.149. The highest BCUT2D eigenvalue weighted by Gasteiger charge is 2.43. The first-order valence-corrected chi connectivity index (χ1v) is 12.5. The molecule has 0 saturated carbocycles. The number of carbonyl (C=O) groups excluding carboxylic acids is 3. The molecule has 0 aliphatic rings. The van der Waals surface area contributed by atoms with Gasteiger partial charge in [0.15, 0.2) is 0 Å². The van der Waals surface area contributed by atoms with Gasteiger partial charge in [-0.2, -0.15) is 0 Å². The maximum absolute atomic E-state index is 14.0. The highest BCUT2D eigenvalue weighted by molar-refractivity contribution is 5.93. The van der Waals surface area contributed by atoms with E-state index in [1.165, 1.54) is 11.0 Å². The third kappa shape index (κ3) is 9.42. The van der Waals surface area contributed by atoms with Gasteiger partial charge in [0.25, 0.3) is 0 Å². The van der Waals surface area contributed by atoms with Gasteiger partial charge in [-0.1, -0.05) is 51.8 Å². The summed E-state index contributed by atoms with van der Waals surface area (Å²) in [6, 6.07) is 4.49. The molecule has 35 heavy (non-hydrogen) atoms. The topological polar surface area (TPSA) is 108 Å². The molecule has 1 aromatic carbocycles. The van der Waals surface area contributed by atoms with Crippen LogP contribution in [-0.2, 0) is 14.3 Å². The molecule has 198 valence electrons. The molecule has 0 radical (unpaired) electrons. The van der Waals surface area contributed by atoms with E-state index in [4.69, 9.17) is 4.74 Å². The van der Waals surface area contributed by atoms with Crippen LogP contribution in [0.25, 0.3) is 0 Å². The maximum Gasteiger partial charge on any atom is 0.408 e. The largest absolute Gasteiger partial charge is 0.508 e. The van der Waals surface area contributed by atoms with E-state index < -0.39 is 35.2 Å². The fourth-order valence-electron chi connectivity index (χ4n) is 3.74. The number of hydrogen-bond donors (Lipinski definition) is 3. The zero-order valence-electron chi connectivity index (χ0n) is 22.9. The van der Waals surface area contributed by atoms with Gasteiger partial charge in [0.05, 0.1) is 0 Å². The van der Waals surface area contributed by atoms with Gasteiger partial charge >= 0.3 is 6.09 Å². The zero-order valence-corrected chi connectivity index (χ0v) is 22.9. The molecule has 3 amide bonds. The number of phenolic OH excluding ortho intramolecular Hbond substituents is 1. The van der Waals surface area contributed by atoms with Crippen LogP contribution in [0.4, 0.5) is 4.79 Å². The van der Waals surface area contributed by atoms with E-state index >= 15 is 0 Å². The summed E-state index contributed by atoms with van der Waals surface area (Å²) in [5, 5.41) is 16.3. The number of aromatic hydroxyl groups is 1. The van der Waals surface area contributed by atoms with Crippen molar-refractivity contribution in [2.75, 3.05) is 6.54 Å². The van der Waals surface area contributed by atoms with Crippen molar-refractivity contribution in [2.45, 2.75) is 105 Å². The Morgan fingerprint density at radius 2 is 1.63 bits per heavy atom. The number of ether oxygens (including phenoxy) is 1. The van der Waals surface area contributed by atoms with Crippen molar-refractivity contribution < 1.29 is 24.2 Å². The lowest BCUT2D eigenvalue weighted by Crippen LogP contribution is -2.59. The minimum atomic E-state index is -1.09. The maximum atomic E-state index is 14.0. The standard InChI is InChI=1S/C27H45N3O5/c1-10-11-14-17-28-23(32)22(19-15-12-13-16-20(19)31)30(26(4,5)6)24(33)21(18(2)3)29-25(34)35-27(7,8)9/h12-13,15-16,18,21-22,31H,10-11,14,17H2,1-9H3,(H,28,32)(H,29,34). The van der Waals surface area contributed by atoms with Crippen LogP contribution >= 0.6 is 0 Å². The molecule has 1 rings (SSSR count). The summed E-state index contributed by atoms with van der Waals surface area (Å²) in [6.07, 6.45) is 2.09. The van der Waals surface area contributed by atoms with Crippen molar-refractivity contribution in [1.82, 2.24) is 15.5 Å². The van der Waals surface area contributed by atoms with Crippen LogP contribution in [0.2, 0.25) is 0 Å². The van der Waals surface area contributed by atoms with Crippen LogP contribution in [0.3, 0.4) is 0 Å². The van der Waals surface area contributed by atoms with Crippen LogP contribution in [0, 0.1) is 5.92 Å². The highest BCUT2D eigenvalue weighted by Crippen LogP contribution is 2.35. The summed E-state index contributed by atoms with van der Waals surface area (Å²) in [7, 11) is 0. The van der Waals surface area contributed by atoms with Crippen LogP contribution < -0.4 is 10.6 Å². The number of rotatable bonds is 10. The normalized spacial score (nSPS) is 13.7. The second kappa shape index (κ2) is 12.8. The van der Waals surface area contributed by atoms with Crippen molar-refractivity contribution in [3.8, 4) is 5.75 Å². The van der Waals surface area contributed by atoms with Crippen LogP contribution in [0.1, 0.15) is 93.2 Å². The van der Waals surface area contributed by atoms with E-state index in [0.717, 1.165) is 19.3 Å². The molecular formula is C27H45N3O5. The lowest BCUT2D eigenvalue weighted by Gasteiger charge is -2.43. The molecule has 1 aromatic rings. The van der Waals surface area contributed by atoms with Gasteiger partial charge in [-0.25, -0.2) is 4.79 Å². The Morgan fingerprint density at radius 1 is 1.03 bits per heavy atom. The number of amides is 3. The summed E-state index contributed by atoms with van der Waals surface area (Å²) >= 11 is 0. The highest BCUT2D eigenvalue weighted by atomic mass is 16.6. The summed E-state index contributed by atoms with van der Waals surface area (Å²) in [6.45, 7) is 16.9. The van der Waals surface area contributed by atoms with E-state index in [0.29, 0.717) is 12.1 Å². The number of hydrogen-bond acceptors (Lipinski definition) is 5. The average Bonchev–Trinajstić information content (AvgIpc) is 2.71. The first-order chi connectivity index (χ1) is 16.1. The molecule has 8 heteroatoms. The van der Waals surface area contributed by atoms with Gasteiger partial charge in [-0.05, 0) is 59.9 Å². The summed E-state index contributed by atoms with van der Waals surface area (Å²) in [5.74, 6) is -1.18. The number of nitrogens with zero attached hydrogens (tertiary/aromatic N) is 1. The van der Waals surface area contributed by atoms with Crippen LogP contribution in [0.15, 0.2) is 24.3 Å². The van der Waals surface area contributed by atoms with E-state index in [1.54, 1.807) is 39.0 Å². The summed E-state index contributed by atoms with van der Waals surface area (Å²) in [4.78, 5) is 41.6. The van der Waals surface area contributed by atoms with Gasteiger partial charge < -0.3 is 25.4 Å². The van der Waals surface area contributed by atoms with Gasteiger partial charge in [-0.15, -0.1) is 0 Å². The van der Waals surface area contributed by atoms with Gasteiger partial charge in [0.1, 0.15) is 23.4 Å². The van der Waals surface area contributed by atoms with E-state index in [9.17, 15) is 19.5 Å². The number of benzene rings is 1. The van der Waals surface area contributed by atoms with Gasteiger partial charge in [0.2, 0.25) is 11.8 Å². The second-order valence-electron chi connectivity index (χ2n) is 11.2. The van der Waals surface area contributed by atoms with Crippen LogP contribution in [-0.4, -0.2) is 51.6 Å². The second-order valence-corrected chi connectivity index (χ2v) is 11.2. The quantitative estimate of drug-likeness (QED) is 0.403. The molecule has 3 N–H and O–H groups in total. The smallest absolute Gasteiger partial charge is 0.408 e. The Kier molecular flexibility index (Phi) is 11.1. The van der Waals surface area contributed by atoms with Gasteiger partial charge in [0, 0.05) is 17.6 Å². The molecule has 2 atom stereocenters. The molecule has 2 unspecified atom stereocenters. The number of nitrogens with one attached hydrogen (secondary N) is 2. The molecule has 0 aliphatic heterocycles. The van der Waals surface area contributed by atoms with Crippen LogP contribution in [0.5, 0.6) is 5.75 Å². The Hall–Kier alpha value is -2.77. The predicted octanol–water partition coefficient (Wildman–Crippen LogP) is 4.92. The fraction of sp³-hybridized carbons (Fsp3) is 0.667. The zero-order chi connectivity index (χ0) is 27.0. The number of unbranched alkanes of at least 4 members (excludes halogenated alkanes) is 2. The number of carbonyl (C=O) groups is 3. The number of para-hydroxylation sites is 1. The third-order valence-electron chi connectivity index (χ3n) is 5.38. The Balaban J connectivity index is 3.48. The molecule has 0 saturated heterocycles. The van der Waals surface area contributed by atoms with Gasteiger partial charge in [-0.3, -0.25) is 9.59 Å². The molecule has 0 fully saturated rings. The molecule has 0 aliphatic carbocycles. The van der Waals surface area contributed by atoms with Crippen molar-refractivity contribution in [1.29, 1.82) is 0 Å². The number of phenols is 1. The van der Waals surface area contributed by atoms with E-state index in [1.807, 2.05) is 34.6 Å². The fourth-order valence-corrected chi connectivity index (χ4v) is 3.74. The lowest BCUT2D eigenvalue weighted by atomic mass is 9.92. The van der Waals surface area contributed by atoms with Crippen molar-refractivity contribution in [3.05, 3.63) is 29.8 Å². The monoisotopic (exact) mass is 491 g/mol. The molecule has 0 bridgehead atoms. The molecular weight excluding hydrogens is 446 g/mol. The van der Waals surface area contributed by atoms with Crippen molar-refractivity contribution >= 4 is 17.9 Å². The van der Waals surface area contributed by atoms with Crippen molar-refractivity contribution in [2.24, 2.45) is 5.92 Å². The predicted molar refractivity (Wildman–Crippen MR) is 138 cm³/mol. The minimum Gasteiger partial charge on any atom is -0.508 e. The summed E-state index contributed by atoms with van der Waals surface area (Å²) in [5.41, 5.74) is -1.22. The van der Waals surface area contributed by atoms with Crippen molar-refractivity contribution in [3.63, 3.8) is 0 Å². The average molecular weight is 492 g/mol. The van der Waals surface area contributed by atoms with E-state index in [2.05, 4.69) is 17.6 Å². The van der Waals surface area contributed by atoms with E-state index in [-0.39, 0.29) is 17.6 Å². The molecule has 8 nitrogen and oxygen atoms in total. The SMILES string of the molecule is CCCCCNC(=O)C(c1ccccc1O)N(C(=O)C(NC(=O)OC(C)(C)C)C(C)C)C(C)(C)C. The third-order valence-corrected chi connectivity index (χ3v) is 5.38. The molecule has 0 spiro atoms. The number of alkyl carbamates (subject to hydrolysis) is 1. The summed E-state index contributed by atoms with van der Waals surface area (Å²) < 4.78 is 5.38.